The number of rotatable bonds is 4. The molecule has 0 bridgehead atoms. The van der Waals surface area contributed by atoms with Crippen LogP contribution in [0.25, 0.3) is 0 Å². The van der Waals surface area contributed by atoms with Gasteiger partial charge in [-0.05, 0) is 113 Å². The van der Waals surface area contributed by atoms with Crippen molar-refractivity contribution in [1.82, 2.24) is 4.98 Å². The third-order valence-electron chi connectivity index (χ3n) is 6.13. The summed E-state index contributed by atoms with van der Waals surface area (Å²) in [6.45, 7) is 16.8. The average molecular weight is 398 g/mol. The number of benzene rings is 2. The van der Waals surface area contributed by atoms with E-state index in [0.29, 0.717) is 0 Å². The van der Waals surface area contributed by atoms with Gasteiger partial charge in [-0.2, -0.15) is 0 Å². The molecule has 1 heterocycles. The summed E-state index contributed by atoms with van der Waals surface area (Å²) in [6.07, 6.45) is 0. The van der Waals surface area contributed by atoms with Gasteiger partial charge in [-0.3, -0.25) is 9.98 Å². The molecule has 30 heavy (non-hydrogen) atoms. The quantitative estimate of drug-likeness (QED) is 0.428. The van der Waals surface area contributed by atoms with E-state index in [4.69, 9.17) is 15.0 Å². The molecule has 0 spiro atoms. The lowest BCUT2D eigenvalue weighted by atomic mass is 10.0. The molecule has 0 saturated carbocycles. The molecular formula is C27H31N3. The van der Waals surface area contributed by atoms with Gasteiger partial charge in [-0.25, -0.2) is 4.98 Å². The van der Waals surface area contributed by atoms with Gasteiger partial charge in [0.05, 0.1) is 34.2 Å². The SMILES string of the molecule is CC(=Nc1ccc(C)c(C)c1C)c1cccc(C(C)=Nc2ccc(C)c(C)c2C)n1. The molecule has 3 rings (SSSR count). The van der Waals surface area contributed by atoms with Crippen LogP contribution in [-0.4, -0.2) is 16.4 Å². The highest BCUT2D eigenvalue weighted by molar-refractivity contribution is 6.02. The van der Waals surface area contributed by atoms with Gasteiger partial charge in [0.15, 0.2) is 0 Å². The summed E-state index contributed by atoms with van der Waals surface area (Å²) < 4.78 is 0. The van der Waals surface area contributed by atoms with Gasteiger partial charge in [-0.1, -0.05) is 18.2 Å². The summed E-state index contributed by atoms with van der Waals surface area (Å²) in [5.41, 5.74) is 13.1. The summed E-state index contributed by atoms with van der Waals surface area (Å²) in [6, 6.07) is 14.5. The molecule has 0 aliphatic heterocycles. The van der Waals surface area contributed by atoms with Crippen LogP contribution in [-0.2, 0) is 0 Å². The first-order valence-corrected chi connectivity index (χ1v) is 10.4. The van der Waals surface area contributed by atoms with Crippen LogP contribution in [0.4, 0.5) is 11.4 Å². The highest BCUT2D eigenvalue weighted by atomic mass is 14.8. The summed E-state index contributed by atoms with van der Waals surface area (Å²) in [7, 11) is 0. The fourth-order valence-electron chi connectivity index (χ4n) is 3.44. The van der Waals surface area contributed by atoms with E-state index in [1.165, 1.54) is 33.4 Å². The third kappa shape index (κ3) is 4.40. The Morgan fingerprint density at radius 3 is 1.37 bits per heavy atom. The lowest BCUT2D eigenvalue weighted by Gasteiger charge is -2.10. The predicted molar refractivity (Wildman–Crippen MR) is 129 cm³/mol. The van der Waals surface area contributed by atoms with Gasteiger partial charge in [0.2, 0.25) is 0 Å². The van der Waals surface area contributed by atoms with Crippen LogP contribution in [0.3, 0.4) is 0 Å². The first-order valence-electron chi connectivity index (χ1n) is 10.4. The molecule has 0 N–H and O–H groups in total. The van der Waals surface area contributed by atoms with Crippen molar-refractivity contribution >= 4 is 22.8 Å². The Labute approximate surface area is 180 Å². The highest BCUT2D eigenvalue weighted by Gasteiger charge is 2.08. The van der Waals surface area contributed by atoms with Crippen molar-refractivity contribution in [3.05, 3.63) is 87.2 Å². The highest BCUT2D eigenvalue weighted by Crippen LogP contribution is 2.26. The maximum Gasteiger partial charge on any atom is 0.0849 e. The number of hydrogen-bond donors (Lipinski definition) is 0. The molecule has 3 heteroatoms. The predicted octanol–water partition coefficient (Wildman–Crippen LogP) is 7.21. The fraction of sp³-hybridized carbons (Fsp3) is 0.296. The lowest BCUT2D eigenvalue weighted by Crippen LogP contribution is -2.05. The Balaban J connectivity index is 1.96. The zero-order valence-electron chi connectivity index (χ0n) is 19.4. The van der Waals surface area contributed by atoms with E-state index in [2.05, 4.69) is 65.8 Å². The molecular weight excluding hydrogens is 366 g/mol. The largest absolute Gasteiger partial charge is 0.251 e. The van der Waals surface area contributed by atoms with Crippen molar-refractivity contribution in [1.29, 1.82) is 0 Å². The molecule has 0 saturated heterocycles. The Hall–Kier alpha value is -3.07. The topological polar surface area (TPSA) is 37.6 Å². The van der Waals surface area contributed by atoms with Gasteiger partial charge in [0, 0.05) is 0 Å². The maximum absolute atomic E-state index is 4.86. The molecule has 0 atom stereocenters. The van der Waals surface area contributed by atoms with E-state index in [1.54, 1.807) is 0 Å². The summed E-state index contributed by atoms with van der Waals surface area (Å²) in [5, 5.41) is 0. The van der Waals surface area contributed by atoms with E-state index in [1.807, 2.05) is 32.0 Å². The van der Waals surface area contributed by atoms with E-state index < -0.39 is 0 Å². The molecule has 0 fully saturated rings. The van der Waals surface area contributed by atoms with Crippen molar-refractivity contribution in [2.45, 2.75) is 55.4 Å². The number of aliphatic imine (C=N–C) groups is 2. The minimum atomic E-state index is 0.872. The van der Waals surface area contributed by atoms with E-state index in [0.717, 1.165) is 34.2 Å². The van der Waals surface area contributed by atoms with Gasteiger partial charge < -0.3 is 0 Å². The summed E-state index contributed by atoms with van der Waals surface area (Å²) in [4.78, 5) is 14.6. The second kappa shape index (κ2) is 8.74. The summed E-state index contributed by atoms with van der Waals surface area (Å²) >= 11 is 0. The molecule has 1 aromatic heterocycles. The number of nitrogens with zero attached hydrogens (tertiary/aromatic N) is 3. The van der Waals surface area contributed by atoms with Crippen LogP contribution in [0, 0.1) is 41.5 Å². The Morgan fingerprint density at radius 1 is 0.567 bits per heavy atom. The normalized spacial score (nSPS) is 12.4. The third-order valence-corrected chi connectivity index (χ3v) is 6.13. The summed E-state index contributed by atoms with van der Waals surface area (Å²) in [5.74, 6) is 0. The lowest BCUT2D eigenvalue weighted by molar-refractivity contribution is 1.22. The Morgan fingerprint density at radius 2 is 0.967 bits per heavy atom. The second-order valence-electron chi connectivity index (χ2n) is 8.11. The van der Waals surface area contributed by atoms with Crippen molar-refractivity contribution in [2.24, 2.45) is 9.98 Å². The van der Waals surface area contributed by atoms with Gasteiger partial charge in [0.1, 0.15) is 0 Å². The van der Waals surface area contributed by atoms with Crippen LogP contribution >= 0.6 is 0 Å². The van der Waals surface area contributed by atoms with Gasteiger partial charge in [-0.15, -0.1) is 0 Å². The molecule has 3 nitrogen and oxygen atoms in total. The van der Waals surface area contributed by atoms with Gasteiger partial charge in [0.25, 0.3) is 0 Å². The van der Waals surface area contributed by atoms with E-state index in [-0.39, 0.29) is 0 Å². The van der Waals surface area contributed by atoms with Crippen molar-refractivity contribution in [3.8, 4) is 0 Å². The van der Waals surface area contributed by atoms with Crippen LogP contribution in [0.5, 0.6) is 0 Å². The minimum Gasteiger partial charge on any atom is -0.251 e. The number of pyridine rings is 1. The van der Waals surface area contributed by atoms with Crippen LogP contribution in [0.2, 0.25) is 0 Å². The second-order valence-corrected chi connectivity index (χ2v) is 8.11. The van der Waals surface area contributed by atoms with Crippen molar-refractivity contribution < 1.29 is 0 Å². The zero-order valence-corrected chi connectivity index (χ0v) is 19.4. The molecule has 2 aromatic carbocycles. The molecule has 3 aromatic rings. The number of aromatic nitrogens is 1. The molecule has 0 amide bonds. The molecule has 0 aliphatic carbocycles. The molecule has 0 aliphatic rings. The number of aryl methyl sites for hydroxylation is 2. The molecule has 154 valence electrons. The van der Waals surface area contributed by atoms with Crippen molar-refractivity contribution in [3.63, 3.8) is 0 Å². The van der Waals surface area contributed by atoms with E-state index >= 15 is 0 Å². The Bertz CT molecular complexity index is 1080. The maximum atomic E-state index is 4.86. The van der Waals surface area contributed by atoms with E-state index in [9.17, 15) is 0 Å². The standard InChI is InChI=1S/C27H31N3/c1-16-12-14-24(20(5)18(16)3)28-22(7)26-10-9-11-27(30-26)23(8)29-25-15-13-17(2)19(4)21(25)6/h9-15H,1-8H3. The zero-order chi connectivity index (χ0) is 22.0. The first-order chi connectivity index (χ1) is 14.2. The first kappa shape index (κ1) is 21.6. The smallest absolute Gasteiger partial charge is 0.0849 e. The Kier molecular flexibility index (Phi) is 6.31. The monoisotopic (exact) mass is 397 g/mol. The molecule has 0 unspecified atom stereocenters. The van der Waals surface area contributed by atoms with Crippen LogP contribution in [0.15, 0.2) is 52.4 Å². The number of hydrogen-bond acceptors (Lipinski definition) is 3. The van der Waals surface area contributed by atoms with Crippen molar-refractivity contribution in [2.75, 3.05) is 0 Å². The average Bonchev–Trinajstić information content (AvgIpc) is 2.74. The van der Waals surface area contributed by atoms with Crippen LogP contribution in [0.1, 0.15) is 58.6 Å². The van der Waals surface area contributed by atoms with Crippen LogP contribution < -0.4 is 0 Å². The van der Waals surface area contributed by atoms with Gasteiger partial charge >= 0.3 is 0 Å². The molecule has 0 radical (unpaired) electrons. The minimum absolute atomic E-state index is 0.872. The fourth-order valence-corrected chi connectivity index (χ4v) is 3.44.